The van der Waals surface area contributed by atoms with Crippen LogP contribution in [0.1, 0.15) is 57.4 Å². The fraction of sp³-hybridized carbons (Fsp3) is 0.211. The Bertz CT molecular complexity index is 842. The number of hydrogen-bond donors (Lipinski definition) is 3. The molecule has 2 aromatic rings. The Morgan fingerprint density at radius 1 is 0.880 bits per heavy atom. The molecule has 0 unspecified atom stereocenters. The first kappa shape index (κ1) is 18.2. The van der Waals surface area contributed by atoms with Gasteiger partial charge in [0.05, 0.1) is 16.7 Å². The third kappa shape index (κ3) is 3.68. The smallest absolute Gasteiger partial charge is 0.335 e. The maximum atomic E-state index is 11.3. The number of carbonyl (C=O) groups excluding carboxylic acids is 1. The molecule has 0 aliphatic rings. The van der Waals surface area contributed by atoms with Crippen LogP contribution in [0.3, 0.4) is 0 Å². The molecule has 0 fully saturated rings. The van der Waals surface area contributed by atoms with Gasteiger partial charge >= 0.3 is 11.9 Å². The number of carboxylic acids is 2. The Morgan fingerprint density at radius 3 is 1.76 bits per heavy atom. The van der Waals surface area contributed by atoms with Crippen LogP contribution in [0.2, 0.25) is 0 Å². The number of carbonyl (C=O) groups is 3. The Labute approximate surface area is 144 Å². The second-order valence-electron chi connectivity index (χ2n) is 6.74. The summed E-state index contributed by atoms with van der Waals surface area (Å²) in [6.45, 7) is 5.57. The van der Waals surface area contributed by atoms with Crippen molar-refractivity contribution in [3.05, 3.63) is 52.6 Å². The second kappa shape index (κ2) is 6.39. The topological polar surface area (TPSA) is 112 Å². The normalized spacial score (nSPS) is 11.2. The third-order valence-electron chi connectivity index (χ3n) is 3.83. The van der Waals surface area contributed by atoms with Gasteiger partial charge in [0, 0.05) is 5.56 Å². The van der Waals surface area contributed by atoms with Crippen LogP contribution in [0.4, 0.5) is 0 Å². The van der Waals surface area contributed by atoms with Crippen molar-refractivity contribution in [3.8, 4) is 16.9 Å². The van der Waals surface area contributed by atoms with Gasteiger partial charge in [0.15, 0.2) is 6.29 Å². The highest BCUT2D eigenvalue weighted by atomic mass is 16.4. The summed E-state index contributed by atoms with van der Waals surface area (Å²) in [4.78, 5) is 33.8. The monoisotopic (exact) mass is 342 g/mol. The summed E-state index contributed by atoms with van der Waals surface area (Å²) in [5, 5.41) is 28.7. The molecule has 0 radical (unpaired) electrons. The van der Waals surface area contributed by atoms with Crippen molar-refractivity contribution in [2.75, 3.05) is 0 Å². The average Bonchev–Trinajstić information content (AvgIpc) is 2.53. The third-order valence-corrected chi connectivity index (χ3v) is 3.83. The average molecular weight is 342 g/mol. The molecule has 2 aromatic carbocycles. The number of aromatic hydroxyl groups is 1. The molecule has 0 spiro atoms. The Kier molecular flexibility index (Phi) is 4.65. The van der Waals surface area contributed by atoms with Crippen molar-refractivity contribution >= 4 is 18.2 Å². The molecule has 0 bridgehead atoms. The van der Waals surface area contributed by atoms with Crippen molar-refractivity contribution in [2.24, 2.45) is 0 Å². The van der Waals surface area contributed by atoms with Crippen molar-refractivity contribution in [1.82, 2.24) is 0 Å². The van der Waals surface area contributed by atoms with E-state index >= 15 is 0 Å². The lowest BCUT2D eigenvalue weighted by molar-refractivity contribution is 0.0696. The summed E-state index contributed by atoms with van der Waals surface area (Å²) in [5.74, 6) is -2.65. The molecule has 0 aromatic heterocycles. The van der Waals surface area contributed by atoms with Gasteiger partial charge in [-0.3, -0.25) is 4.79 Å². The number of phenolic OH excluding ortho intramolecular Hbond substituents is 1. The van der Waals surface area contributed by atoms with Gasteiger partial charge in [-0.15, -0.1) is 0 Å². The molecule has 0 saturated heterocycles. The van der Waals surface area contributed by atoms with Crippen LogP contribution in [0, 0.1) is 0 Å². The molecule has 0 atom stereocenters. The molecule has 130 valence electrons. The van der Waals surface area contributed by atoms with Crippen LogP contribution in [0.5, 0.6) is 5.75 Å². The van der Waals surface area contributed by atoms with Gasteiger partial charge in [0.1, 0.15) is 5.75 Å². The van der Waals surface area contributed by atoms with E-state index in [2.05, 4.69) is 0 Å². The number of aldehydes is 1. The number of benzene rings is 2. The number of carboxylic acid groups (broad SMARTS) is 2. The molecule has 3 N–H and O–H groups in total. The molecule has 0 amide bonds. The van der Waals surface area contributed by atoms with Crippen LogP contribution in [0.15, 0.2) is 30.3 Å². The van der Waals surface area contributed by atoms with E-state index in [1.807, 2.05) is 20.8 Å². The lowest BCUT2D eigenvalue weighted by Gasteiger charge is -2.22. The van der Waals surface area contributed by atoms with Crippen molar-refractivity contribution in [2.45, 2.75) is 26.2 Å². The molecule has 0 heterocycles. The first-order valence-corrected chi connectivity index (χ1v) is 7.49. The van der Waals surface area contributed by atoms with Crippen LogP contribution in [-0.2, 0) is 5.41 Å². The van der Waals surface area contributed by atoms with Gasteiger partial charge in [-0.25, -0.2) is 9.59 Å². The second-order valence-corrected chi connectivity index (χ2v) is 6.74. The van der Waals surface area contributed by atoms with Gasteiger partial charge < -0.3 is 15.3 Å². The van der Waals surface area contributed by atoms with Gasteiger partial charge in [0.2, 0.25) is 0 Å². The number of aromatic carboxylic acids is 2. The lowest BCUT2D eigenvalue weighted by Crippen LogP contribution is -2.12. The van der Waals surface area contributed by atoms with E-state index in [0.29, 0.717) is 23.0 Å². The van der Waals surface area contributed by atoms with E-state index in [1.54, 1.807) is 6.07 Å². The van der Waals surface area contributed by atoms with Crippen molar-refractivity contribution < 1.29 is 29.7 Å². The van der Waals surface area contributed by atoms with Gasteiger partial charge in [-0.2, -0.15) is 0 Å². The molecule has 25 heavy (non-hydrogen) atoms. The molecule has 0 aliphatic carbocycles. The Morgan fingerprint density at radius 2 is 1.36 bits per heavy atom. The van der Waals surface area contributed by atoms with E-state index in [9.17, 15) is 29.7 Å². The number of hydrogen-bond acceptors (Lipinski definition) is 4. The summed E-state index contributed by atoms with van der Waals surface area (Å²) < 4.78 is 0. The minimum Gasteiger partial charge on any atom is -0.507 e. The van der Waals surface area contributed by atoms with Gasteiger partial charge in [0.25, 0.3) is 0 Å². The van der Waals surface area contributed by atoms with Crippen LogP contribution in [0.25, 0.3) is 11.1 Å². The molecule has 6 heteroatoms. The summed E-state index contributed by atoms with van der Waals surface area (Å²) in [7, 11) is 0. The van der Waals surface area contributed by atoms with Crippen LogP contribution < -0.4 is 0 Å². The molecular formula is C19H18O6. The number of rotatable bonds is 4. The molecule has 0 aliphatic heterocycles. The fourth-order valence-electron chi connectivity index (χ4n) is 2.53. The minimum atomic E-state index is -1.25. The minimum absolute atomic E-state index is 0.0556. The maximum Gasteiger partial charge on any atom is 0.335 e. The van der Waals surface area contributed by atoms with E-state index in [0.717, 1.165) is 6.07 Å². The van der Waals surface area contributed by atoms with E-state index in [1.165, 1.54) is 18.2 Å². The molecule has 6 nitrogen and oxygen atoms in total. The summed E-state index contributed by atoms with van der Waals surface area (Å²) >= 11 is 0. The predicted octanol–water partition coefficient (Wildman–Crippen LogP) is 3.57. The first-order valence-electron chi connectivity index (χ1n) is 7.49. The highest BCUT2D eigenvalue weighted by Gasteiger charge is 2.22. The quantitative estimate of drug-likeness (QED) is 0.732. The van der Waals surface area contributed by atoms with E-state index < -0.39 is 17.4 Å². The largest absolute Gasteiger partial charge is 0.507 e. The predicted molar refractivity (Wildman–Crippen MR) is 91.5 cm³/mol. The Balaban J connectivity index is 2.79. The highest BCUT2D eigenvalue weighted by Crippen LogP contribution is 2.37. The van der Waals surface area contributed by atoms with E-state index in [4.69, 9.17) is 0 Å². The first-order chi connectivity index (χ1) is 11.5. The standard InChI is InChI=1S/C19H18O6/c1-19(2,3)15-8-11(6-14(9-20)16(15)21)10-4-12(17(22)23)7-13(5-10)18(24)25/h4-9,21H,1-3H3,(H,22,23)(H,24,25). The van der Waals surface area contributed by atoms with Gasteiger partial charge in [-0.05, 0) is 46.9 Å². The maximum absolute atomic E-state index is 11.3. The Hall–Kier alpha value is -3.15. The van der Waals surface area contributed by atoms with Gasteiger partial charge in [-0.1, -0.05) is 20.8 Å². The number of phenols is 1. The summed E-state index contributed by atoms with van der Waals surface area (Å²) in [6.07, 6.45) is 0.507. The fourth-order valence-corrected chi connectivity index (χ4v) is 2.53. The molecule has 2 rings (SSSR count). The van der Waals surface area contributed by atoms with Crippen LogP contribution >= 0.6 is 0 Å². The molecule has 0 saturated carbocycles. The van der Waals surface area contributed by atoms with Crippen molar-refractivity contribution in [1.29, 1.82) is 0 Å². The highest BCUT2D eigenvalue weighted by molar-refractivity contribution is 5.96. The zero-order valence-corrected chi connectivity index (χ0v) is 14.0. The zero-order valence-electron chi connectivity index (χ0n) is 14.0. The van der Waals surface area contributed by atoms with Crippen LogP contribution in [-0.4, -0.2) is 33.5 Å². The molecular weight excluding hydrogens is 324 g/mol. The lowest BCUT2D eigenvalue weighted by atomic mass is 9.83. The summed E-state index contributed by atoms with van der Waals surface area (Å²) in [5.41, 5.74) is 0.532. The van der Waals surface area contributed by atoms with E-state index in [-0.39, 0.29) is 22.4 Å². The SMILES string of the molecule is CC(C)(C)c1cc(-c2cc(C(=O)O)cc(C(=O)O)c2)cc(C=O)c1O. The summed E-state index contributed by atoms with van der Waals surface area (Å²) in [6, 6.07) is 6.78. The zero-order chi connectivity index (χ0) is 18.9. The van der Waals surface area contributed by atoms with Crippen molar-refractivity contribution in [3.63, 3.8) is 0 Å².